The molecule has 0 saturated heterocycles. The van der Waals surface area contributed by atoms with Gasteiger partial charge in [0.15, 0.2) is 0 Å². The molecule has 1 aromatic carbocycles. The molecule has 0 aliphatic carbocycles. The molecule has 0 spiro atoms. The number of rotatable bonds is 5. The van der Waals surface area contributed by atoms with Crippen molar-refractivity contribution in [3.63, 3.8) is 0 Å². The van der Waals surface area contributed by atoms with Crippen molar-refractivity contribution in [1.29, 1.82) is 0 Å². The molecule has 0 atom stereocenters. The summed E-state index contributed by atoms with van der Waals surface area (Å²) in [6.45, 7) is 6.42. The van der Waals surface area contributed by atoms with E-state index in [0.717, 1.165) is 12.0 Å². The number of aliphatic imine (C=N–C) groups is 1. The van der Waals surface area contributed by atoms with E-state index in [1.54, 1.807) is 6.08 Å². The van der Waals surface area contributed by atoms with Crippen molar-refractivity contribution < 1.29 is 0 Å². The number of allylic oxidation sites excluding steroid dienone is 2. The fraction of sp³-hybridized carbons (Fsp3) is 0.214. The van der Waals surface area contributed by atoms with Crippen molar-refractivity contribution in [2.75, 3.05) is 6.54 Å². The number of nitrogens with zero attached hydrogens (tertiary/aromatic N) is 1. The van der Waals surface area contributed by atoms with Crippen LogP contribution in [0.4, 0.5) is 0 Å². The molecule has 0 bridgehead atoms. The molecule has 2 heteroatoms. The fourth-order valence-electron chi connectivity index (χ4n) is 1.34. The summed E-state index contributed by atoms with van der Waals surface area (Å²) < 4.78 is 0. The summed E-state index contributed by atoms with van der Waals surface area (Å²) in [7, 11) is 0. The van der Waals surface area contributed by atoms with Gasteiger partial charge in [0.2, 0.25) is 0 Å². The molecule has 0 heterocycles. The van der Waals surface area contributed by atoms with Crippen LogP contribution in [0.25, 0.3) is 0 Å². The average Bonchev–Trinajstić information content (AvgIpc) is 2.35. The standard InChI is InChI=1S/C14H18N2/c1-3-8-12(4-2)11-16-14(15)13-9-6-5-7-10-13/h3,5-10H,1,4,11H2,2H3,(H2,15,16)/b12-8+. The molecule has 2 nitrogen and oxygen atoms in total. The minimum absolute atomic E-state index is 0.587. The van der Waals surface area contributed by atoms with Crippen LogP contribution < -0.4 is 5.73 Å². The molecular formula is C14H18N2. The van der Waals surface area contributed by atoms with Crippen LogP contribution in [0.1, 0.15) is 18.9 Å². The Morgan fingerprint density at radius 3 is 2.62 bits per heavy atom. The lowest BCUT2D eigenvalue weighted by molar-refractivity contribution is 1.01. The Morgan fingerprint density at radius 1 is 1.38 bits per heavy atom. The van der Waals surface area contributed by atoms with E-state index in [4.69, 9.17) is 5.73 Å². The topological polar surface area (TPSA) is 38.4 Å². The Labute approximate surface area is 97.2 Å². The maximum atomic E-state index is 5.89. The molecule has 0 saturated carbocycles. The first-order chi connectivity index (χ1) is 7.77. The number of hydrogen-bond donors (Lipinski definition) is 1. The summed E-state index contributed by atoms with van der Waals surface area (Å²) in [5.41, 5.74) is 8.09. The molecule has 0 amide bonds. The Bertz CT molecular complexity index is 388. The van der Waals surface area contributed by atoms with Crippen molar-refractivity contribution in [2.24, 2.45) is 10.7 Å². The molecule has 1 aromatic rings. The van der Waals surface area contributed by atoms with Crippen molar-refractivity contribution in [3.05, 3.63) is 60.2 Å². The van der Waals surface area contributed by atoms with Gasteiger partial charge < -0.3 is 5.73 Å². The quantitative estimate of drug-likeness (QED) is 0.457. The number of benzene rings is 1. The van der Waals surface area contributed by atoms with E-state index < -0.39 is 0 Å². The maximum absolute atomic E-state index is 5.89. The van der Waals surface area contributed by atoms with Crippen LogP contribution in [0.3, 0.4) is 0 Å². The summed E-state index contributed by atoms with van der Waals surface area (Å²) in [5, 5.41) is 0. The van der Waals surface area contributed by atoms with Gasteiger partial charge in [0.1, 0.15) is 5.84 Å². The number of nitrogens with two attached hydrogens (primary N) is 1. The summed E-state index contributed by atoms with van der Waals surface area (Å²) in [6.07, 6.45) is 4.74. The maximum Gasteiger partial charge on any atom is 0.125 e. The van der Waals surface area contributed by atoms with E-state index in [1.165, 1.54) is 5.57 Å². The second kappa shape index (κ2) is 6.62. The van der Waals surface area contributed by atoms with Crippen LogP contribution in [-0.2, 0) is 0 Å². The molecule has 0 radical (unpaired) electrons. The second-order valence-electron chi connectivity index (χ2n) is 3.48. The Morgan fingerprint density at radius 2 is 2.06 bits per heavy atom. The average molecular weight is 214 g/mol. The van der Waals surface area contributed by atoms with E-state index >= 15 is 0 Å². The molecule has 2 N–H and O–H groups in total. The van der Waals surface area contributed by atoms with Crippen LogP contribution >= 0.6 is 0 Å². The number of amidine groups is 1. The van der Waals surface area contributed by atoms with Crippen molar-refractivity contribution in [2.45, 2.75) is 13.3 Å². The molecule has 84 valence electrons. The zero-order valence-corrected chi connectivity index (χ0v) is 9.69. The second-order valence-corrected chi connectivity index (χ2v) is 3.48. The molecule has 0 aliphatic heterocycles. The normalized spacial score (nSPS) is 12.6. The summed E-state index contributed by atoms with van der Waals surface area (Å²) >= 11 is 0. The fourth-order valence-corrected chi connectivity index (χ4v) is 1.34. The first-order valence-corrected chi connectivity index (χ1v) is 5.43. The largest absolute Gasteiger partial charge is 0.383 e. The lowest BCUT2D eigenvalue weighted by atomic mass is 10.2. The molecule has 0 fully saturated rings. The zero-order valence-electron chi connectivity index (χ0n) is 9.69. The molecule has 0 unspecified atom stereocenters. The van der Waals surface area contributed by atoms with Crippen LogP contribution in [0, 0.1) is 0 Å². The molecule has 0 aromatic heterocycles. The summed E-state index contributed by atoms with van der Waals surface area (Å²) in [6, 6.07) is 9.80. The van der Waals surface area contributed by atoms with Gasteiger partial charge in [-0.1, -0.05) is 56.0 Å². The van der Waals surface area contributed by atoms with Crippen molar-refractivity contribution in [1.82, 2.24) is 0 Å². The highest BCUT2D eigenvalue weighted by atomic mass is 14.8. The first kappa shape index (κ1) is 12.2. The van der Waals surface area contributed by atoms with Crippen LogP contribution in [-0.4, -0.2) is 12.4 Å². The summed E-state index contributed by atoms with van der Waals surface area (Å²) in [4.78, 5) is 4.36. The predicted molar refractivity (Wildman–Crippen MR) is 70.6 cm³/mol. The third kappa shape index (κ3) is 3.73. The third-order valence-corrected chi connectivity index (χ3v) is 2.33. The molecular weight excluding hydrogens is 196 g/mol. The predicted octanol–water partition coefficient (Wildman–Crippen LogP) is 2.91. The zero-order chi connectivity index (χ0) is 11.8. The molecule has 1 rings (SSSR count). The third-order valence-electron chi connectivity index (χ3n) is 2.33. The van der Waals surface area contributed by atoms with Gasteiger partial charge in [-0.05, 0) is 12.0 Å². The van der Waals surface area contributed by atoms with Crippen LogP contribution in [0.2, 0.25) is 0 Å². The highest BCUT2D eigenvalue weighted by molar-refractivity contribution is 5.97. The van der Waals surface area contributed by atoms with Gasteiger partial charge in [0.25, 0.3) is 0 Å². The minimum atomic E-state index is 0.587. The van der Waals surface area contributed by atoms with E-state index in [1.807, 2.05) is 36.4 Å². The first-order valence-electron chi connectivity index (χ1n) is 5.43. The van der Waals surface area contributed by atoms with Crippen molar-refractivity contribution in [3.8, 4) is 0 Å². The van der Waals surface area contributed by atoms with E-state index in [-0.39, 0.29) is 0 Å². The van der Waals surface area contributed by atoms with E-state index in [2.05, 4.69) is 18.5 Å². The van der Waals surface area contributed by atoms with Gasteiger partial charge in [-0.15, -0.1) is 0 Å². The van der Waals surface area contributed by atoms with Gasteiger partial charge in [-0.2, -0.15) is 0 Å². The van der Waals surface area contributed by atoms with Gasteiger partial charge in [0.05, 0.1) is 6.54 Å². The lowest BCUT2D eigenvalue weighted by Crippen LogP contribution is -2.14. The van der Waals surface area contributed by atoms with Gasteiger partial charge >= 0.3 is 0 Å². The van der Waals surface area contributed by atoms with Crippen LogP contribution in [0.5, 0.6) is 0 Å². The summed E-state index contributed by atoms with van der Waals surface area (Å²) in [5.74, 6) is 0.587. The SMILES string of the molecule is C=C/C=C(\CC)C/N=C(\N)c1ccccc1. The molecule has 0 aliphatic rings. The van der Waals surface area contributed by atoms with Gasteiger partial charge in [0, 0.05) is 5.56 Å². The Hall–Kier alpha value is -1.83. The van der Waals surface area contributed by atoms with Gasteiger partial charge in [-0.25, -0.2) is 0 Å². The minimum Gasteiger partial charge on any atom is -0.383 e. The van der Waals surface area contributed by atoms with Crippen LogP contribution in [0.15, 0.2) is 59.6 Å². The highest BCUT2D eigenvalue weighted by Crippen LogP contribution is 2.03. The van der Waals surface area contributed by atoms with E-state index in [9.17, 15) is 0 Å². The highest BCUT2D eigenvalue weighted by Gasteiger charge is 1.96. The Kier molecular flexibility index (Phi) is 5.06. The van der Waals surface area contributed by atoms with E-state index in [0.29, 0.717) is 12.4 Å². The Balaban J connectivity index is 2.71. The lowest BCUT2D eigenvalue weighted by Gasteiger charge is -2.02. The molecule has 16 heavy (non-hydrogen) atoms. The smallest absolute Gasteiger partial charge is 0.125 e. The van der Waals surface area contributed by atoms with Gasteiger partial charge in [-0.3, -0.25) is 4.99 Å². The number of hydrogen-bond acceptors (Lipinski definition) is 1. The van der Waals surface area contributed by atoms with Crippen molar-refractivity contribution >= 4 is 5.84 Å². The monoisotopic (exact) mass is 214 g/mol.